The summed E-state index contributed by atoms with van der Waals surface area (Å²) in [6.45, 7) is 7.62. The number of benzene rings is 1. The number of rotatable bonds is 10. The van der Waals surface area contributed by atoms with Crippen LogP contribution in [0, 0.1) is 11.8 Å². The highest BCUT2D eigenvalue weighted by molar-refractivity contribution is 5.85. The van der Waals surface area contributed by atoms with Crippen LogP contribution in [0.15, 0.2) is 30.3 Å². The van der Waals surface area contributed by atoms with Crippen molar-refractivity contribution in [1.82, 2.24) is 10.2 Å². The molecule has 0 saturated carbocycles. The highest BCUT2D eigenvalue weighted by atomic mass is 16.6. The van der Waals surface area contributed by atoms with Crippen LogP contribution in [0.1, 0.15) is 84.6 Å². The number of nitrogens with one attached hydrogen (secondary N) is 1. The summed E-state index contributed by atoms with van der Waals surface area (Å²) in [6, 6.07) is 8.55. The van der Waals surface area contributed by atoms with Crippen LogP contribution >= 0.6 is 0 Å². The molecular formula is C31H46N2O8. The van der Waals surface area contributed by atoms with Crippen molar-refractivity contribution >= 4 is 23.9 Å². The van der Waals surface area contributed by atoms with Crippen LogP contribution in [-0.4, -0.2) is 70.9 Å². The molecule has 3 rings (SSSR count). The Morgan fingerprint density at radius 2 is 1.80 bits per heavy atom. The fourth-order valence-electron chi connectivity index (χ4n) is 5.40. The number of unbranched alkanes of at least 4 members (excludes halogenated alkanes) is 4. The third-order valence-electron chi connectivity index (χ3n) is 7.86. The lowest BCUT2D eigenvalue weighted by Crippen LogP contribution is -2.51. The molecule has 2 fully saturated rings. The van der Waals surface area contributed by atoms with Crippen LogP contribution in [0.5, 0.6) is 0 Å². The molecule has 2 aliphatic rings. The number of aliphatic hydroxyl groups is 1. The van der Waals surface area contributed by atoms with E-state index in [9.17, 15) is 24.3 Å². The van der Waals surface area contributed by atoms with E-state index >= 15 is 0 Å². The highest BCUT2D eigenvalue weighted by Gasteiger charge is 2.46. The van der Waals surface area contributed by atoms with E-state index in [4.69, 9.17) is 14.2 Å². The number of aliphatic hydroxyl groups excluding tert-OH is 1. The van der Waals surface area contributed by atoms with Gasteiger partial charge in [0.05, 0.1) is 31.0 Å². The van der Waals surface area contributed by atoms with E-state index in [0.29, 0.717) is 6.42 Å². The predicted molar refractivity (Wildman–Crippen MR) is 151 cm³/mol. The SMILES string of the molecule is CCCCCCC[C@@H]1OC(=O)C[C@@H](O)[C@@H]2C[C@@H](OC(=O)NCc3ccccc3)CN2C(=O)[C@H](C(C)C)OC(=O)[C@H]1C. The van der Waals surface area contributed by atoms with Crippen molar-refractivity contribution in [3.63, 3.8) is 0 Å². The minimum absolute atomic E-state index is 0.00503. The molecule has 1 aromatic rings. The smallest absolute Gasteiger partial charge is 0.407 e. The number of nitrogens with zero attached hydrogens (tertiary/aromatic N) is 1. The van der Waals surface area contributed by atoms with Crippen molar-refractivity contribution < 1.29 is 38.5 Å². The molecule has 0 unspecified atom stereocenters. The van der Waals surface area contributed by atoms with Crippen molar-refractivity contribution in [1.29, 1.82) is 0 Å². The maximum atomic E-state index is 13.7. The first-order valence-corrected chi connectivity index (χ1v) is 15.0. The van der Waals surface area contributed by atoms with Crippen LogP contribution in [-0.2, 0) is 35.1 Å². The van der Waals surface area contributed by atoms with E-state index < -0.39 is 60.3 Å². The average molecular weight is 575 g/mol. The highest BCUT2D eigenvalue weighted by Crippen LogP contribution is 2.29. The van der Waals surface area contributed by atoms with Gasteiger partial charge in [-0.25, -0.2) is 4.79 Å². The summed E-state index contributed by atoms with van der Waals surface area (Å²) < 4.78 is 17.1. The quantitative estimate of drug-likeness (QED) is 0.242. The monoisotopic (exact) mass is 574 g/mol. The molecule has 10 heteroatoms. The van der Waals surface area contributed by atoms with E-state index in [1.165, 1.54) is 4.90 Å². The molecule has 0 spiro atoms. The first-order chi connectivity index (χ1) is 19.6. The summed E-state index contributed by atoms with van der Waals surface area (Å²) in [5.41, 5.74) is 0.903. The molecule has 1 aromatic carbocycles. The Labute approximate surface area is 243 Å². The summed E-state index contributed by atoms with van der Waals surface area (Å²) in [7, 11) is 0. The summed E-state index contributed by atoms with van der Waals surface area (Å²) >= 11 is 0. The molecule has 2 amide bonds. The van der Waals surface area contributed by atoms with Gasteiger partial charge in [0.2, 0.25) is 0 Å². The third kappa shape index (κ3) is 9.45. The van der Waals surface area contributed by atoms with Gasteiger partial charge in [-0.2, -0.15) is 0 Å². The molecule has 6 atom stereocenters. The zero-order valence-corrected chi connectivity index (χ0v) is 24.8. The number of fused-ring (bicyclic) bond motifs is 1. The lowest BCUT2D eigenvalue weighted by Gasteiger charge is -2.34. The number of amides is 2. The zero-order valence-electron chi connectivity index (χ0n) is 24.8. The number of cyclic esters (lactones) is 2. The fourth-order valence-corrected chi connectivity index (χ4v) is 5.40. The van der Waals surface area contributed by atoms with Crippen molar-refractivity contribution in [2.75, 3.05) is 6.54 Å². The Morgan fingerprint density at radius 1 is 1.10 bits per heavy atom. The molecular weight excluding hydrogens is 528 g/mol. The molecule has 2 heterocycles. The third-order valence-corrected chi connectivity index (χ3v) is 7.86. The molecule has 2 saturated heterocycles. The van der Waals surface area contributed by atoms with Crippen molar-refractivity contribution in [2.45, 2.75) is 116 Å². The van der Waals surface area contributed by atoms with Gasteiger partial charge in [0.15, 0.2) is 6.10 Å². The Hall–Kier alpha value is -3.14. The van der Waals surface area contributed by atoms with E-state index in [-0.39, 0.29) is 31.8 Å². The number of esters is 2. The van der Waals surface area contributed by atoms with Crippen molar-refractivity contribution in [3.8, 4) is 0 Å². The zero-order chi connectivity index (χ0) is 29.9. The summed E-state index contributed by atoms with van der Waals surface area (Å²) in [4.78, 5) is 53.7. The number of ether oxygens (including phenoxy) is 3. The fraction of sp³-hybridized carbons (Fsp3) is 0.677. The van der Waals surface area contributed by atoms with Gasteiger partial charge in [0, 0.05) is 13.0 Å². The molecule has 0 aliphatic carbocycles. The lowest BCUT2D eigenvalue weighted by atomic mass is 9.97. The van der Waals surface area contributed by atoms with Gasteiger partial charge in [-0.15, -0.1) is 0 Å². The second-order valence-electron chi connectivity index (χ2n) is 11.6. The summed E-state index contributed by atoms with van der Waals surface area (Å²) in [5, 5.41) is 13.8. The van der Waals surface area contributed by atoms with Crippen molar-refractivity contribution in [2.24, 2.45) is 11.8 Å². The largest absolute Gasteiger partial charge is 0.461 e. The van der Waals surface area contributed by atoms with Gasteiger partial charge < -0.3 is 29.5 Å². The number of hydrogen-bond acceptors (Lipinski definition) is 8. The number of carbonyl (C=O) groups excluding carboxylic acids is 4. The second-order valence-corrected chi connectivity index (χ2v) is 11.6. The maximum Gasteiger partial charge on any atom is 0.407 e. The number of alkyl carbamates (subject to hydrolysis) is 1. The van der Waals surface area contributed by atoms with Crippen LogP contribution in [0.2, 0.25) is 0 Å². The van der Waals surface area contributed by atoms with E-state index in [1.807, 2.05) is 30.3 Å². The molecule has 10 nitrogen and oxygen atoms in total. The number of hydrogen-bond donors (Lipinski definition) is 2. The van der Waals surface area contributed by atoms with Crippen LogP contribution in [0.25, 0.3) is 0 Å². The van der Waals surface area contributed by atoms with Gasteiger partial charge in [-0.3, -0.25) is 14.4 Å². The van der Waals surface area contributed by atoms with Crippen LogP contribution in [0.3, 0.4) is 0 Å². The molecule has 2 aliphatic heterocycles. The average Bonchev–Trinajstić information content (AvgIpc) is 3.37. The first-order valence-electron chi connectivity index (χ1n) is 15.0. The molecule has 0 radical (unpaired) electrons. The van der Waals surface area contributed by atoms with E-state index in [0.717, 1.165) is 37.7 Å². The summed E-state index contributed by atoms with van der Waals surface area (Å²) in [6.07, 6.45) is 0.886. The normalized spacial score (nSPS) is 27.4. The van der Waals surface area contributed by atoms with Gasteiger partial charge in [0.1, 0.15) is 12.2 Å². The minimum Gasteiger partial charge on any atom is -0.461 e. The molecule has 0 bridgehead atoms. The van der Waals surface area contributed by atoms with Crippen molar-refractivity contribution in [3.05, 3.63) is 35.9 Å². The Balaban J connectivity index is 1.73. The second kappa shape index (κ2) is 15.7. The first kappa shape index (κ1) is 32.4. The van der Waals surface area contributed by atoms with Gasteiger partial charge >= 0.3 is 18.0 Å². The van der Waals surface area contributed by atoms with E-state index in [1.54, 1.807) is 20.8 Å². The van der Waals surface area contributed by atoms with Gasteiger partial charge in [-0.1, -0.05) is 76.8 Å². The topological polar surface area (TPSA) is 131 Å². The Morgan fingerprint density at radius 3 is 2.49 bits per heavy atom. The molecule has 0 aromatic heterocycles. The molecule has 2 N–H and O–H groups in total. The van der Waals surface area contributed by atoms with Gasteiger partial charge in [0.25, 0.3) is 5.91 Å². The lowest BCUT2D eigenvalue weighted by molar-refractivity contribution is -0.176. The molecule has 228 valence electrons. The van der Waals surface area contributed by atoms with Crippen LogP contribution < -0.4 is 5.32 Å². The Bertz CT molecular complexity index is 1020. The Kier molecular flexibility index (Phi) is 12.4. The number of carbonyl (C=O) groups is 4. The predicted octanol–water partition coefficient (Wildman–Crippen LogP) is 4.12. The summed E-state index contributed by atoms with van der Waals surface area (Å²) in [5.74, 6) is -2.84. The van der Waals surface area contributed by atoms with E-state index in [2.05, 4.69) is 12.2 Å². The van der Waals surface area contributed by atoms with Crippen LogP contribution in [0.4, 0.5) is 4.79 Å². The minimum atomic E-state index is -1.24. The molecule has 41 heavy (non-hydrogen) atoms. The standard InChI is InChI=1S/C31H46N2O8/c1-5-6-7-8-12-15-26-21(4)30(37)41-28(20(2)3)29(36)33-19-23(16-24(33)25(34)17-27(35)40-26)39-31(38)32-18-22-13-10-9-11-14-22/h9-11,13-14,20-21,23-26,28,34H,5-8,12,15-19H2,1-4H3,(H,32,38)/t21-,23+,24-,25+,26-,28-/m0/s1. The van der Waals surface area contributed by atoms with Gasteiger partial charge in [-0.05, 0) is 31.2 Å². The maximum absolute atomic E-state index is 13.7.